The molecule has 4 N–H and O–H groups in total. The molecule has 0 aliphatic rings. The standard InChI is InChI=1S/C9H13ClN2S/c10-7-2-3-9(8(12)6-7)13-5-1-4-11/h2-3,6H,1,4-5,11-12H2. The Balaban J connectivity index is 2.56. The number of thioether (sulfide) groups is 1. The topological polar surface area (TPSA) is 52.0 Å². The van der Waals surface area contributed by atoms with E-state index in [2.05, 4.69) is 0 Å². The SMILES string of the molecule is NCCCSc1ccc(Cl)cc1N. The second kappa shape index (κ2) is 5.37. The van der Waals surface area contributed by atoms with Gasteiger partial charge in [0.05, 0.1) is 0 Å². The molecular weight excluding hydrogens is 204 g/mol. The van der Waals surface area contributed by atoms with Gasteiger partial charge in [0, 0.05) is 15.6 Å². The van der Waals surface area contributed by atoms with E-state index in [1.165, 1.54) is 0 Å². The van der Waals surface area contributed by atoms with Crippen LogP contribution >= 0.6 is 23.4 Å². The molecule has 0 aliphatic heterocycles. The molecule has 0 atom stereocenters. The number of hydrogen-bond acceptors (Lipinski definition) is 3. The number of nitrogen functional groups attached to an aromatic ring is 1. The van der Waals surface area contributed by atoms with Crippen molar-refractivity contribution in [3.63, 3.8) is 0 Å². The van der Waals surface area contributed by atoms with E-state index in [0.717, 1.165) is 29.3 Å². The summed E-state index contributed by atoms with van der Waals surface area (Å²) in [6, 6.07) is 5.56. The highest BCUT2D eigenvalue weighted by atomic mass is 35.5. The van der Waals surface area contributed by atoms with Crippen LogP contribution in [0.1, 0.15) is 6.42 Å². The predicted molar refractivity (Wildman–Crippen MR) is 60.3 cm³/mol. The molecule has 0 amide bonds. The van der Waals surface area contributed by atoms with Crippen molar-refractivity contribution < 1.29 is 0 Å². The molecule has 1 aromatic rings. The maximum absolute atomic E-state index is 5.77. The van der Waals surface area contributed by atoms with Crippen LogP contribution in [0.15, 0.2) is 23.1 Å². The van der Waals surface area contributed by atoms with E-state index in [4.69, 9.17) is 23.1 Å². The van der Waals surface area contributed by atoms with Gasteiger partial charge in [0.25, 0.3) is 0 Å². The van der Waals surface area contributed by atoms with E-state index in [1.54, 1.807) is 17.8 Å². The van der Waals surface area contributed by atoms with Crippen molar-refractivity contribution in [3.05, 3.63) is 23.2 Å². The van der Waals surface area contributed by atoms with Crippen LogP contribution in [0.2, 0.25) is 5.02 Å². The fraction of sp³-hybridized carbons (Fsp3) is 0.333. The van der Waals surface area contributed by atoms with Crippen molar-refractivity contribution in [2.24, 2.45) is 5.73 Å². The van der Waals surface area contributed by atoms with Gasteiger partial charge in [-0.2, -0.15) is 0 Å². The summed E-state index contributed by atoms with van der Waals surface area (Å²) in [6.07, 6.45) is 1.01. The first-order valence-electron chi connectivity index (χ1n) is 4.12. The molecule has 2 nitrogen and oxygen atoms in total. The normalized spacial score (nSPS) is 10.3. The molecule has 4 heteroatoms. The lowest BCUT2D eigenvalue weighted by molar-refractivity contribution is 0.943. The Morgan fingerprint density at radius 3 is 2.77 bits per heavy atom. The number of halogens is 1. The molecule has 13 heavy (non-hydrogen) atoms. The maximum Gasteiger partial charge on any atom is 0.0467 e. The lowest BCUT2D eigenvalue weighted by atomic mass is 10.3. The van der Waals surface area contributed by atoms with Gasteiger partial charge in [0.1, 0.15) is 0 Å². The number of hydrogen-bond donors (Lipinski definition) is 2. The molecule has 0 heterocycles. The third kappa shape index (κ3) is 3.46. The summed E-state index contributed by atoms with van der Waals surface area (Å²) in [5, 5.41) is 0.681. The van der Waals surface area contributed by atoms with Gasteiger partial charge >= 0.3 is 0 Å². The zero-order valence-electron chi connectivity index (χ0n) is 7.29. The van der Waals surface area contributed by atoms with Gasteiger partial charge in [0.2, 0.25) is 0 Å². The van der Waals surface area contributed by atoms with Crippen LogP contribution in [0, 0.1) is 0 Å². The molecule has 0 aliphatic carbocycles. The predicted octanol–water partition coefficient (Wildman–Crippen LogP) is 2.36. The molecule has 72 valence electrons. The third-order valence-corrected chi connectivity index (χ3v) is 2.99. The van der Waals surface area contributed by atoms with E-state index < -0.39 is 0 Å². The minimum atomic E-state index is 0.681. The first-order valence-corrected chi connectivity index (χ1v) is 5.48. The Kier molecular flexibility index (Phi) is 4.42. The third-order valence-electron chi connectivity index (χ3n) is 1.58. The molecule has 0 fully saturated rings. The minimum absolute atomic E-state index is 0.681. The highest BCUT2D eigenvalue weighted by molar-refractivity contribution is 7.99. The summed E-state index contributed by atoms with van der Waals surface area (Å²) in [7, 11) is 0. The largest absolute Gasteiger partial charge is 0.398 e. The highest BCUT2D eigenvalue weighted by Crippen LogP contribution is 2.27. The Morgan fingerprint density at radius 2 is 2.15 bits per heavy atom. The Labute approximate surface area is 87.6 Å². The Bertz CT molecular complexity index is 278. The van der Waals surface area contributed by atoms with Crippen molar-refractivity contribution in [3.8, 4) is 0 Å². The van der Waals surface area contributed by atoms with E-state index in [1.807, 2.05) is 12.1 Å². The van der Waals surface area contributed by atoms with Gasteiger partial charge in [-0.1, -0.05) is 11.6 Å². The molecular formula is C9H13ClN2S. The van der Waals surface area contributed by atoms with Crippen LogP contribution in [0.4, 0.5) is 5.69 Å². The number of benzene rings is 1. The lowest BCUT2D eigenvalue weighted by Gasteiger charge is -2.04. The van der Waals surface area contributed by atoms with Gasteiger partial charge in [-0.05, 0) is 36.9 Å². The maximum atomic E-state index is 5.77. The van der Waals surface area contributed by atoms with Crippen molar-refractivity contribution in [2.75, 3.05) is 18.0 Å². The van der Waals surface area contributed by atoms with Crippen LogP contribution < -0.4 is 11.5 Å². The fourth-order valence-corrected chi connectivity index (χ4v) is 2.02. The van der Waals surface area contributed by atoms with Crippen LogP contribution in [-0.2, 0) is 0 Å². The van der Waals surface area contributed by atoms with Crippen molar-refractivity contribution >= 4 is 29.1 Å². The first-order chi connectivity index (χ1) is 6.24. The van der Waals surface area contributed by atoms with E-state index in [-0.39, 0.29) is 0 Å². The van der Waals surface area contributed by atoms with Gasteiger partial charge in [-0.15, -0.1) is 11.8 Å². The Morgan fingerprint density at radius 1 is 1.38 bits per heavy atom. The van der Waals surface area contributed by atoms with Crippen LogP contribution in [0.3, 0.4) is 0 Å². The molecule has 0 saturated heterocycles. The van der Waals surface area contributed by atoms with Crippen LogP contribution in [-0.4, -0.2) is 12.3 Å². The zero-order valence-corrected chi connectivity index (χ0v) is 8.87. The molecule has 0 saturated carbocycles. The molecule has 0 bridgehead atoms. The summed E-state index contributed by atoms with van der Waals surface area (Å²) in [5.41, 5.74) is 11.9. The quantitative estimate of drug-likeness (QED) is 0.462. The smallest absolute Gasteiger partial charge is 0.0467 e. The minimum Gasteiger partial charge on any atom is -0.398 e. The second-order valence-corrected chi connectivity index (χ2v) is 4.25. The Hall–Kier alpha value is -0.380. The molecule has 0 unspecified atom stereocenters. The van der Waals surface area contributed by atoms with E-state index in [9.17, 15) is 0 Å². The molecule has 0 spiro atoms. The van der Waals surface area contributed by atoms with Crippen molar-refractivity contribution in [1.29, 1.82) is 0 Å². The van der Waals surface area contributed by atoms with Crippen LogP contribution in [0.25, 0.3) is 0 Å². The summed E-state index contributed by atoms with van der Waals surface area (Å²) in [5.74, 6) is 1.00. The molecule has 0 aromatic heterocycles. The summed E-state index contributed by atoms with van der Waals surface area (Å²) in [4.78, 5) is 1.08. The van der Waals surface area contributed by atoms with E-state index >= 15 is 0 Å². The van der Waals surface area contributed by atoms with Crippen LogP contribution in [0.5, 0.6) is 0 Å². The lowest BCUT2D eigenvalue weighted by Crippen LogP contribution is -1.99. The monoisotopic (exact) mass is 216 g/mol. The van der Waals surface area contributed by atoms with Gasteiger partial charge in [0.15, 0.2) is 0 Å². The number of anilines is 1. The van der Waals surface area contributed by atoms with E-state index in [0.29, 0.717) is 5.02 Å². The first kappa shape index (κ1) is 10.7. The summed E-state index contributed by atoms with van der Waals surface area (Å²) < 4.78 is 0. The molecule has 0 radical (unpaired) electrons. The zero-order chi connectivity index (χ0) is 9.68. The molecule has 1 rings (SSSR count). The summed E-state index contributed by atoms with van der Waals surface area (Å²) >= 11 is 7.49. The van der Waals surface area contributed by atoms with Gasteiger partial charge in [-0.25, -0.2) is 0 Å². The van der Waals surface area contributed by atoms with Gasteiger partial charge < -0.3 is 11.5 Å². The average Bonchev–Trinajstić information content (AvgIpc) is 2.09. The summed E-state index contributed by atoms with van der Waals surface area (Å²) in [6.45, 7) is 0.723. The van der Waals surface area contributed by atoms with Crippen molar-refractivity contribution in [2.45, 2.75) is 11.3 Å². The number of rotatable bonds is 4. The van der Waals surface area contributed by atoms with Gasteiger partial charge in [-0.3, -0.25) is 0 Å². The average molecular weight is 217 g/mol. The second-order valence-electron chi connectivity index (χ2n) is 2.67. The fourth-order valence-electron chi connectivity index (χ4n) is 0.916. The number of nitrogens with two attached hydrogens (primary N) is 2. The van der Waals surface area contributed by atoms with Crippen molar-refractivity contribution in [1.82, 2.24) is 0 Å². The molecule has 1 aromatic carbocycles. The highest BCUT2D eigenvalue weighted by Gasteiger charge is 1.99.